The van der Waals surface area contributed by atoms with Crippen LogP contribution in [0.15, 0.2) is 29.5 Å². The fourth-order valence-corrected chi connectivity index (χ4v) is 6.13. The van der Waals surface area contributed by atoms with Gasteiger partial charge in [-0.3, -0.25) is 29.4 Å². The molecule has 3 aliphatic rings. The topological polar surface area (TPSA) is 176 Å². The third-order valence-corrected chi connectivity index (χ3v) is 8.05. The second-order valence-electron chi connectivity index (χ2n) is 11.6. The van der Waals surface area contributed by atoms with E-state index in [2.05, 4.69) is 10.6 Å². The Morgan fingerprint density at radius 2 is 1.84 bits per heavy atom. The number of thioether (sulfide) groups is 1. The summed E-state index contributed by atoms with van der Waals surface area (Å²) in [5.74, 6) is -2.13. The Morgan fingerprint density at radius 1 is 1.09 bits per heavy atom. The van der Waals surface area contributed by atoms with Crippen LogP contribution in [0.1, 0.15) is 58.6 Å². The first kappa shape index (κ1) is 33.6. The summed E-state index contributed by atoms with van der Waals surface area (Å²) in [6.45, 7) is 7.44. The van der Waals surface area contributed by atoms with Crippen LogP contribution < -0.4 is 15.4 Å². The Labute approximate surface area is 264 Å². The predicted molar refractivity (Wildman–Crippen MR) is 158 cm³/mol. The van der Waals surface area contributed by atoms with E-state index in [1.807, 2.05) is 0 Å². The minimum Gasteiger partial charge on any atom is -0.470 e. The molecule has 0 bridgehead atoms. The minimum atomic E-state index is -0.912. The number of hydrogen-bond donors (Lipinski definition) is 2. The Balaban J connectivity index is 1.35. The number of carbonyl (C=O) groups excluding carboxylic acids is 6. The summed E-state index contributed by atoms with van der Waals surface area (Å²) in [5, 5.41) is 4.83. The van der Waals surface area contributed by atoms with E-state index in [0.29, 0.717) is 29.7 Å². The highest BCUT2D eigenvalue weighted by Gasteiger charge is 2.54. The molecule has 3 unspecified atom stereocenters. The summed E-state index contributed by atoms with van der Waals surface area (Å²) in [5.41, 5.74) is 1.09. The molecule has 244 valence electrons. The van der Waals surface area contributed by atoms with Crippen LogP contribution in [0, 0.1) is 0 Å². The van der Waals surface area contributed by atoms with Crippen molar-refractivity contribution in [1.29, 1.82) is 0 Å². The molecule has 45 heavy (non-hydrogen) atoms. The van der Waals surface area contributed by atoms with Gasteiger partial charge in [0.1, 0.15) is 35.1 Å². The van der Waals surface area contributed by atoms with Gasteiger partial charge < -0.3 is 29.0 Å². The number of β-lactam (4-membered cyclic amide) rings is 1. The molecule has 1 aromatic rings. The Hall–Kier alpha value is -4.27. The summed E-state index contributed by atoms with van der Waals surface area (Å²) in [6.07, 6.45) is -0.119. The average molecular weight is 648 g/mol. The Morgan fingerprint density at radius 3 is 2.53 bits per heavy atom. The van der Waals surface area contributed by atoms with E-state index in [4.69, 9.17) is 23.7 Å². The van der Waals surface area contributed by atoms with Gasteiger partial charge in [-0.15, -0.1) is 11.8 Å². The van der Waals surface area contributed by atoms with Crippen molar-refractivity contribution in [2.45, 2.75) is 83.5 Å². The molecule has 3 aliphatic heterocycles. The van der Waals surface area contributed by atoms with Gasteiger partial charge in [0.05, 0.1) is 6.42 Å². The molecular formula is C30H37N3O11S. The zero-order valence-corrected chi connectivity index (χ0v) is 26.6. The summed E-state index contributed by atoms with van der Waals surface area (Å²) in [7, 11) is 0. The molecule has 1 aromatic carbocycles. The van der Waals surface area contributed by atoms with Crippen molar-refractivity contribution in [3.8, 4) is 5.75 Å². The number of alkyl carbamates (subject to hydrolysis) is 1. The number of nitrogens with one attached hydrogen (secondary N) is 2. The van der Waals surface area contributed by atoms with Crippen molar-refractivity contribution < 1.29 is 52.5 Å². The van der Waals surface area contributed by atoms with Gasteiger partial charge in [0.15, 0.2) is 6.23 Å². The van der Waals surface area contributed by atoms with Gasteiger partial charge in [-0.05, 0) is 38.8 Å². The molecule has 0 spiro atoms. The third-order valence-electron chi connectivity index (χ3n) is 6.71. The summed E-state index contributed by atoms with van der Waals surface area (Å²) in [4.78, 5) is 75.5. The molecule has 3 atom stereocenters. The molecule has 15 heteroatoms. The smallest absolute Gasteiger partial charge is 0.410 e. The van der Waals surface area contributed by atoms with Crippen molar-refractivity contribution in [1.82, 2.24) is 15.5 Å². The van der Waals surface area contributed by atoms with Crippen LogP contribution in [-0.4, -0.2) is 83.1 Å². The standard InChI is InChI=1S/C30H37N3O11S/c1-6-7-23(36)41-15-42-28(38)25-19(13-40-16(2)34)14-45-27-24(26(37)33(25)27)31-21(35)11-17-8-9-20-18(10-17)12-22(43-20)32-29(39)44-30(3,4)5/h8-10,22,24,27H,6-7,11-15H2,1-5H3,(H,31,35)(H,32,39). The van der Waals surface area contributed by atoms with Gasteiger partial charge in [0.2, 0.25) is 12.7 Å². The van der Waals surface area contributed by atoms with Crippen LogP contribution in [0.25, 0.3) is 0 Å². The fraction of sp³-hybridized carbons (Fsp3) is 0.533. The number of benzene rings is 1. The lowest BCUT2D eigenvalue weighted by Crippen LogP contribution is -2.70. The number of carbonyl (C=O) groups is 6. The first-order valence-electron chi connectivity index (χ1n) is 14.5. The highest BCUT2D eigenvalue weighted by atomic mass is 32.2. The maximum atomic E-state index is 13.2. The van der Waals surface area contributed by atoms with Gasteiger partial charge in [-0.1, -0.05) is 19.1 Å². The van der Waals surface area contributed by atoms with Crippen molar-refractivity contribution >= 4 is 47.6 Å². The number of nitrogens with zero attached hydrogens (tertiary/aromatic N) is 1. The van der Waals surface area contributed by atoms with E-state index >= 15 is 0 Å². The Bertz CT molecular complexity index is 1400. The zero-order chi connectivity index (χ0) is 32.9. The van der Waals surface area contributed by atoms with Crippen molar-refractivity contribution in [2.75, 3.05) is 19.2 Å². The SMILES string of the molecule is CCCC(=O)OCOC(=O)C1=C(COC(C)=O)CSC2C(NC(=O)Cc3ccc4c(c3)CC(NC(=O)OC(C)(C)C)O4)C(=O)N12. The third kappa shape index (κ3) is 8.68. The monoisotopic (exact) mass is 647 g/mol. The lowest BCUT2D eigenvalue weighted by atomic mass is 10.0. The minimum absolute atomic E-state index is 0.0236. The number of fused-ring (bicyclic) bond motifs is 2. The highest BCUT2D eigenvalue weighted by Crippen LogP contribution is 2.41. The largest absolute Gasteiger partial charge is 0.470 e. The van der Waals surface area contributed by atoms with E-state index in [1.165, 1.54) is 23.6 Å². The molecule has 0 aliphatic carbocycles. The van der Waals surface area contributed by atoms with Crippen LogP contribution in [0.3, 0.4) is 0 Å². The van der Waals surface area contributed by atoms with Crippen molar-refractivity contribution in [3.63, 3.8) is 0 Å². The van der Waals surface area contributed by atoms with Gasteiger partial charge in [-0.25, -0.2) is 9.59 Å². The number of amides is 3. The van der Waals surface area contributed by atoms with Crippen molar-refractivity contribution in [2.24, 2.45) is 0 Å². The van der Waals surface area contributed by atoms with E-state index in [-0.39, 0.29) is 30.9 Å². The summed E-state index contributed by atoms with van der Waals surface area (Å²) in [6, 6.07) is 4.35. The second-order valence-corrected chi connectivity index (χ2v) is 12.7. The second kappa shape index (κ2) is 14.2. The number of hydrogen-bond acceptors (Lipinski definition) is 12. The number of esters is 3. The number of ether oxygens (including phenoxy) is 5. The lowest BCUT2D eigenvalue weighted by Gasteiger charge is -2.49. The predicted octanol–water partition coefficient (Wildman–Crippen LogP) is 2.08. The molecule has 3 amide bonds. The molecule has 0 saturated carbocycles. The molecule has 0 radical (unpaired) electrons. The average Bonchev–Trinajstić information content (AvgIpc) is 3.34. The first-order chi connectivity index (χ1) is 21.3. The zero-order valence-electron chi connectivity index (χ0n) is 25.8. The van der Waals surface area contributed by atoms with Crippen LogP contribution >= 0.6 is 11.8 Å². The van der Waals surface area contributed by atoms with Crippen LogP contribution in [-0.2, 0) is 55.8 Å². The van der Waals surface area contributed by atoms with E-state index in [0.717, 1.165) is 5.56 Å². The van der Waals surface area contributed by atoms with Gasteiger partial charge in [0, 0.05) is 36.7 Å². The molecule has 14 nitrogen and oxygen atoms in total. The molecule has 3 heterocycles. The quantitative estimate of drug-likeness (QED) is 0.155. The van der Waals surface area contributed by atoms with Crippen LogP contribution in [0.2, 0.25) is 0 Å². The summed E-state index contributed by atoms with van der Waals surface area (Å²) >= 11 is 1.30. The van der Waals surface area contributed by atoms with Gasteiger partial charge >= 0.3 is 24.0 Å². The fourth-order valence-electron chi connectivity index (χ4n) is 4.81. The molecular weight excluding hydrogens is 610 g/mol. The van der Waals surface area contributed by atoms with Gasteiger partial charge in [-0.2, -0.15) is 0 Å². The maximum Gasteiger partial charge on any atom is 0.410 e. The molecule has 0 aromatic heterocycles. The van der Waals surface area contributed by atoms with Gasteiger partial charge in [0.25, 0.3) is 5.91 Å². The number of rotatable bonds is 11. The highest BCUT2D eigenvalue weighted by molar-refractivity contribution is 8.00. The van der Waals surface area contributed by atoms with E-state index < -0.39 is 65.9 Å². The molecule has 1 fully saturated rings. The molecule has 2 N–H and O–H groups in total. The molecule has 1 saturated heterocycles. The van der Waals surface area contributed by atoms with Crippen LogP contribution in [0.4, 0.5) is 4.79 Å². The lowest BCUT2D eigenvalue weighted by molar-refractivity contribution is -0.168. The van der Waals surface area contributed by atoms with Crippen LogP contribution in [0.5, 0.6) is 5.75 Å². The first-order valence-corrected chi connectivity index (χ1v) is 15.5. The molecule has 4 rings (SSSR count). The Kier molecular flexibility index (Phi) is 10.6. The van der Waals surface area contributed by atoms with E-state index in [9.17, 15) is 28.8 Å². The van der Waals surface area contributed by atoms with Crippen molar-refractivity contribution in [3.05, 3.63) is 40.6 Å². The summed E-state index contributed by atoms with van der Waals surface area (Å²) < 4.78 is 26.1. The normalized spacial score (nSPS) is 20.2. The maximum absolute atomic E-state index is 13.2. The van der Waals surface area contributed by atoms with E-state index in [1.54, 1.807) is 45.9 Å².